The van der Waals surface area contributed by atoms with E-state index >= 15 is 0 Å². The smallest absolute Gasteiger partial charge is 0.326 e. The van der Waals surface area contributed by atoms with Crippen molar-refractivity contribution in [2.45, 2.75) is 236 Å². The predicted molar refractivity (Wildman–Crippen MR) is 499 cm³/mol. The topological polar surface area (TPSA) is 819 Å². The standard InChI is InChI=1S/C87H125N29O24S/c1-42(2)17-55(107-74(126)53(88)36-141)75(127)96-33-67(118)95-34-68(119)104-54(15-16-70(121)122)77(129)116-72(45(7)8)86(138)114-63(26-66(89)117)85(137)108-57(19-44(5)6)80(132)113-64(27-71(123)124)78(130)103-46(9)73(125)106-58(20-47-13-11-10-12-14-47)76(128)97-35-69(120)105-56(18-43(3)4)79(131)109-59(21-48-28-90-37-98-48)81(133)110-60(22-49-29-91-38-99-49)82(134)111-61(23-50-30-92-39-100-50)83(135)112-62(24-51-31-93-40-101-51)84(136)115-65(87(139)140)25-52-32-94-41-102-52/h10-14,28-32,37-46,53-65,72,141H,15-27,33-36,88H2,1-9H3,(H2,89,117)(H,90,98)(H,91,99)(H,92,100)(H,93,101)(H,94,102)(H,95,118)(H,96,127)(H,97,128)(H,103,130)(H,104,119)(H,105,120)(H,106,125)(H,107,126)(H,108,137)(H,109,131)(H,110,133)(H,111,134)(H,112,135)(H,113,132)(H,114,138)(H,115,136)(H,116,129)(H,121,122)(H,123,124)(H,139,140)/t46-,53-,54-,55-,56-,57-,58-,59-,60-,61-,62-,63-,64-,65-,72-/m0/s1. The molecule has 1 aromatic carbocycles. The number of imidazole rings is 5. The van der Waals surface area contributed by atoms with Gasteiger partial charge in [-0.2, -0.15) is 12.6 Å². The van der Waals surface area contributed by atoms with Gasteiger partial charge >= 0.3 is 17.9 Å². The molecule has 0 unspecified atom stereocenters. The van der Waals surface area contributed by atoms with Gasteiger partial charge in [0.25, 0.3) is 0 Å². The van der Waals surface area contributed by atoms with E-state index < -0.39 is 272 Å². The number of nitrogens with zero attached hydrogens (tertiary/aromatic N) is 5. The number of carbonyl (C=O) groups excluding carboxylic acids is 18. The SMILES string of the molecule is CC(C)C[C@H](NC(=O)CNC(=O)[C@H](Cc1ccccc1)NC(=O)[C@H](C)NC(=O)[C@H](CC(=O)O)NC(=O)[C@H](CC(C)C)NC(=O)[C@H](CC(N)=O)NC(=O)[C@@H](NC(=O)[C@H](CCC(=O)O)NC(=O)CNC(=O)CNC(=O)[C@H](CC(C)C)NC(=O)[C@@H](N)CS)C(C)C)C(=O)N[C@@H](Cc1c[nH]cn1)C(=O)N[C@@H](Cc1c[nH]cn1)C(=O)N[C@@H](Cc1c[nH]cn1)C(=O)N[C@@H](Cc1c[nH]cn1)C(=O)N[C@@H](Cc1c[nH]cn1)C(=O)O. The lowest BCUT2D eigenvalue weighted by molar-refractivity contribution is -0.142. The number of aromatic amines is 5. The van der Waals surface area contributed by atoms with E-state index in [1.165, 1.54) is 76.5 Å². The summed E-state index contributed by atoms with van der Waals surface area (Å²) in [5.41, 5.74) is 13.0. The molecule has 0 aliphatic carbocycles. The third-order valence-electron chi connectivity index (χ3n) is 21.1. The molecular weight excluding hydrogens is 1870 g/mol. The highest BCUT2D eigenvalue weighted by Gasteiger charge is 2.40. The Labute approximate surface area is 813 Å². The summed E-state index contributed by atoms with van der Waals surface area (Å²) in [6.45, 7) is 11.8. The van der Waals surface area contributed by atoms with Crippen LogP contribution in [0.1, 0.15) is 141 Å². The monoisotopic (exact) mass is 1990 g/mol. The minimum atomic E-state index is -2.03. The third kappa shape index (κ3) is 41.0. The van der Waals surface area contributed by atoms with Gasteiger partial charge in [-0.25, -0.2) is 29.7 Å². The van der Waals surface area contributed by atoms with Crippen LogP contribution < -0.4 is 102 Å². The highest BCUT2D eigenvalue weighted by atomic mass is 32.1. The first-order chi connectivity index (χ1) is 66.7. The van der Waals surface area contributed by atoms with Crippen molar-refractivity contribution in [1.29, 1.82) is 0 Å². The molecule has 5 aromatic heterocycles. The first kappa shape index (κ1) is 114. The van der Waals surface area contributed by atoms with Crippen molar-refractivity contribution in [3.63, 3.8) is 0 Å². The number of aliphatic carboxylic acids is 3. The molecule has 768 valence electrons. The number of hydrogen-bond donors (Lipinski definition) is 28. The number of carboxylic acids is 3. The van der Waals surface area contributed by atoms with Crippen LogP contribution in [0.25, 0.3) is 0 Å². The second-order valence-electron chi connectivity index (χ2n) is 34.8. The maximum absolute atomic E-state index is 14.9. The van der Waals surface area contributed by atoms with E-state index in [-0.39, 0.29) is 98.2 Å². The highest BCUT2D eigenvalue weighted by molar-refractivity contribution is 7.80. The molecule has 0 spiro atoms. The predicted octanol–water partition coefficient (Wildman–Crippen LogP) is -7.44. The number of rotatable bonds is 62. The molecule has 0 saturated heterocycles. The fourth-order valence-corrected chi connectivity index (χ4v) is 14.1. The number of amides is 18. The lowest BCUT2D eigenvalue weighted by atomic mass is 10.00. The summed E-state index contributed by atoms with van der Waals surface area (Å²) >= 11 is 3.99. The van der Waals surface area contributed by atoms with Gasteiger partial charge in [0, 0.05) is 81.7 Å². The number of benzene rings is 1. The second kappa shape index (κ2) is 57.6. The molecule has 5 heterocycles. The fourth-order valence-electron chi connectivity index (χ4n) is 13.9. The summed E-state index contributed by atoms with van der Waals surface area (Å²) in [6, 6.07) is -15.6. The van der Waals surface area contributed by atoms with Crippen LogP contribution in [0.3, 0.4) is 0 Å². The molecule has 6 aromatic rings. The van der Waals surface area contributed by atoms with Crippen molar-refractivity contribution in [2.75, 3.05) is 25.4 Å². The zero-order valence-corrected chi connectivity index (χ0v) is 79.8. The summed E-state index contributed by atoms with van der Waals surface area (Å²) in [6.07, 6.45) is 8.30. The molecule has 54 heteroatoms. The van der Waals surface area contributed by atoms with E-state index in [2.05, 4.69) is 153 Å². The highest BCUT2D eigenvalue weighted by Crippen LogP contribution is 2.16. The van der Waals surface area contributed by atoms with Gasteiger partial charge in [0.05, 0.1) is 98.6 Å². The van der Waals surface area contributed by atoms with Crippen molar-refractivity contribution in [2.24, 2.45) is 35.1 Å². The van der Waals surface area contributed by atoms with Gasteiger partial charge in [-0.3, -0.25) is 95.9 Å². The Kier molecular flexibility index (Phi) is 46.6. The number of H-pyrrole nitrogens is 5. The number of carboxylic acid groups (broad SMARTS) is 3. The van der Waals surface area contributed by atoms with Crippen molar-refractivity contribution in [3.8, 4) is 0 Å². The van der Waals surface area contributed by atoms with Crippen LogP contribution in [-0.4, -0.2) is 305 Å². The largest absolute Gasteiger partial charge is 0.481 e. The van der Waals surface area contributed by atoms with E-state index in [1.54, 1.807) is 71.9 Å². The number of carbonyl (C=O) groups is 21. The van der Waals surface area contributed by atoms with Crippen LogP contribution in [0.4, 0.5) is 0 Å². The number of aromatic nitrogens is 10. The zero-order chi connectivity index (χ0) is 104. The molecule has 0 aliphatic heterocycles. The van der Waals surface area contributed by atoms with E-state index in [1.807, 2.05) is 0 Å². The summed E-state index contributed by atoms with van der Waals surface area (Å²) in [5.74, 6) is -24.8. The van der Waals surface area contributed by atoms with Crippen LogP contribution in [0.2, 0.25) is 0 Å². The van der Waals surface area contributed by atoms with Gasteiger partial charge in [0.1, 0.15) is 84.6 Å². The third-order valence-corrected chi connectivity index (χ3v) is 21.5. The van der Waals surface area contributed by atoms with E-state index in [0.29, 0.717) is 11.3 Å². The minimum Gasteiger partial charge on any atom is -0.481 e. The number of primary amides is 1. The zero-order valence-electron chi connectivity index (χ0n) is 78.9. The number of hydrogen-bond acceptors (Lipinski definition) is 28. The summed E-state index contributed by atoms with van der Waals surface area (Å²) < 4.78 is 0. The first-order valence-electron chi connectivity index (χ1n) is 45.0. The Balaban J connectivity index is 1.12. The summed E-state index contributed by atoms with van der Waals surface area (Å²) in [4.78, 5) is 322. The first-order valence-corrected chi connectivity index (χ1v) is 45.7. The molecular formula is C87H125N29O24S. The molecule has 0 fully saturated rings. The van der Waals surface area contributed by atoms with Gasteiger partial charge in [-0.05, 0) is 61.8 Å². The molecule has 6 rings (SSSR count). The minimum absolute atomic E-state index is 0.0255. The molecule has 53 nitrogen and oxygen atoms in total. The van der Waals surface area contributed by atoms with Crippen molar-refractivity contribution in [1.82, 2.24) is 140 Å². The Morgan fingerprint density at radius 1 is 0.333 bits per heavy atom. The lowest BCUT2D eigenvalue weighted by Crippen LogP contribution is -2.61. The Bertz CT molecular complexity index is 5200. The van der Waals surface area contributed by atoms with Gasteiger partial charge in [0.2, 0.25) is 106 Å². The van der Waals surface area contributed by atoms with Crippen molar-refractivity contribution in [3.05, 3.63) is 127 Å². The Hall–Kier alpha value is -15.6. The maximum Gasteiger partial charge on any atom is 0.326 e. The van der Waals surface area contributed by atoms with Gasteiger partial charge < -0.3 is 142 Å². The van der Waals surface area contributed by atoms with E-state index in [9.17, 15) is 116 Å². The van der Waals surface area contributed by atoms with Crippen LogP contribution in [-0.2, 0) is 139 Å². The molecule has 29 N–H and O–H groups in total. The Morgan fingerprint density at radius 2 is 0.652 bits per heavy atom. The van der Waals surface area contributed by atoms with Crippen molar-refractivity contribution < 1.29 is 116 Å². The molecule has 0 bridgehead atoms. The van der Waals surface area contributed by atoms with E-state index in [0.717, 1.165) is 6.92 Å². The van der Waals surface area contributed by atoms with Crippen LogP contribution >= 0.6 is 12.6 Å². The maximum atomic E-state index is 14.9. The van der Waals surface area contributed by atoms with Crippen molar-refractivity contribution >= 4 is 137 Å². The molecule has 15 atom stereocenters. The summed E-state index contributed by atoms with van der Waals surface area (Å²) in [7, 11) is 0. The van der Waals surface area contributed by atoms with Gasteiger partial charge in [-0.15, -0.1) is 0 Å². The van der Waals surface area contributed by atoms with Crippen LogP contribution in [0, 0.1) is 23.7 Å². The average molecular weight is 1990 g/mol. The molecule has 141 heavy (non-hydrogen) atoms. The van der Waals surface area contributed by atoms with E-state index in [4.69, 9.17) is 11.5 Å². The number of nitrogens with two attached hydrogens (primary N) is 2. The Morgan fingerprint density at radius 3 is 1.04 bits per heavy atom. The molecule has 0 aliphatic rings. The normalized spacial score (nSPS) is 14.4. The average Bonchev–Trinajstić information content (AvgIpc) is 1.77. The van der Waals surface area contributed by atoms with Crippen LogP contribution in [0.5, 0.6) is 0 Å². The summed E-state index contributed by atoms with van der Waals surface area (Å²) in [5, 5.41) is 71.3. The number of nitrogens with one attached hydrogen (secondary N) is 22. The van der Waals surface area contributed by atoms with Gasteiger partial charge in [-0.1, -0.05) is 85.7 Å². The second-order valence-corrected chi connectivity index (χ2v) is 35.1. The van der Waals surface area contributed by atoms with Crippen LogP contribution in [0.15, 0.2) is 93.0 Å². The molecule has 0 saturated carbocycles. The lowest BCUT2D eigenvalue weighted by Gasteiger charge is -2.28. The molecule has 0 radical (unpaired) electrons. The fraction of sp³-hybridized carbons (Fsp3) is 0.517. The molecule has 18 amide bonds. The quantitative estimate of drug-likeness (QED) is 0.0158. The van der Waals surface area contributed by atoms with Gasteiger partial charge in [0.15, 0.2) is 0 Å². The number of thiol groups is 1.